The number of amides is 1. The van der Waals surface area contributed by atoms with E-state index in [1.807, 2.05) is 0 Å². The van der Waals surface area contributed by atoms with Crippen molar-refractivity contribution in [2.45, 2.75) is 495 Å². The van der Waals surface area contributed by atoms with Crippen molar-refractivity contribution in [3.8, 4) is 0 Å². The first-order valence-corrected chi connectivity index (χ1v) is 42.7. The Kier molecular flexibility index (Phi) is 80.8. The lowest BCUT2D eigenvalue weighted by molar-refractivity contribution is -0.143. The van der Waals surface area contributed by atoms with E-state index in [0.717, 1.165) is 51.4 Å². The summed E-state index contributed by atoms with van der Waals surface area (Å²) in [5, 5.41) is 23.5. The van der Waals surface area contributed by atoms with Crippen LogP contribution in [0.15, 0.2) is 36.5 Å². The number of hydrogen-bond acceptors (Lipinski definition) is 5. The number of carbonyl (C=O) groups is 2. The number of nitrogens with one attached hydrogen (secondary N) is 1. The van der Waals surface area contributed by atoms with Gasteiger partial charge in [-0.15, -0.1) is 0 Å². The number of hydrogen-bond donors (Lipinski definition) is 3. The SMILES string of the molecule is CCCC/C=C\C/C=C\CCCCCCCC(=O)OCCCCCCCCCCCCCCCCCCCC/C=C\CCCCCCCCCCCCCCCCCCCC(=O)NC(CO)C(O)CCCCCCCCCCCCCCCCCCCCCCCCC. The number of esters is 1. The average Bonchev–Trinajstić information content (AvgIpc) is 3.78. The van der Waals surface area contributed by atoms with E-state index in [-0.39, 0.29) is 18.5 Å². The Labute approximate surface area is 583 Å². The zero-order chi connectivity index (χ0) is 67.0. The molecule has 3 N–H and O–H groups in total. The van der Waals surface area contributed by atoms with Crippen molar-refractivity contribution in [1.29, 1.82) is 0 Å². The van der Waals surface area contributed by atoms with Crippen molar-refractivity contribution < 1.29 is 24.5 Å². The van der Waals surface area contributed by atoms with E-state index in [9.17, 15) is 19.8 Å². The Hall–Kier alpha value is -1.92. The van der Waals surface area contributed by atoms with Gasteiger partial charge in [-0.05, 0) is 77.0 Å². The Morgan fingerprint density at radius 1 is 0.301 bits per heavy atom. The monoisotopic (exact) mass is 1310 g/mol. The first kappa shape index (κ1) is 91.1. The van der Waals surface area contributed by atoms with Gasteiger partial charge < -0.3 is 20.3 Å². The highest BCUT2D eigenvalue weighted by Gasteiger charge is 2.20. The fourth-order valence-electron chi connectivity index (χ4n) is 13.7. The fraction of sp³-hybridized carbons (Fsp3) is 0.908. The minimum absolute atomic E-state index is 0.00850. The Morgan fingerprint density at radius 2 is 0.548 bits per heavy atom. The molecule has 6 heteroatoms. The number of carbonyl (C=O) groups excluding carboxylic acids is 2. The predicted molar refractivity (Wildman–Crippen MR) is 412 cm³/mol. The first-order chi connectivity index (χ1) is 46.0. The smallest absolute Gasteiger partial charge is 0.305 e. The second kappa shape index (κ2) is 82.5. The molecule has 2 unspecified atom stereocenters. The molecule has 0 aromatic carbocycles. The molecule has 2 atom stereocenters. The molecule has 0 aliphatic carbocycles. The van der Waals surface area contributed by atoms with E-state index >= 15 is 0 Å². The highest BCUT2D eigenvalue weighted by molar-refractivity contribution is 5.76. The molecule has 550 valence electrons. The Bertz CT molecular complexity index is 1510. The van der Waals surface area contributed by atoms with Crippen LogP contribution >= 0.6 is 0 Å². The van der Waals surface area contributed by atoms with Crippen LogP contribution in [-0.4, -0.2) is 47.4 Å². The van der Waals surface area contributed by atoms with E-state index in [1.54, 1.807) is 0 Å². The summed E-state index contributed by atoms with van der Waals surface area (Å²) < 4.78 is 5.49. The highest BCUT2D eigenvalue weighted by atomic mass is 16.5. The third-order valence-electron chi connectivity index (χ3n) is 20.2. The van der Waals surface area contributed by atoms with E-state index in [4.69, 9.17) is 4.74 Å². The lowest BCUT2D eigenvalue weighted by Gasteiger charge is -2.22. The lowest BCUT2D eigenvalue weighted by atomic mass is 10.0. The minimum Gasteiger partial charge on any atom is -0.466 e. The van der Waals surface area contributed by atoms with Gasteiger partial charge in [-0.1, -0.05) is 429 Å². The molecule has 0 aromatic heterocycles. The first-order valence-electron chi connectivity index (χ1n) is 42.7. The summed E-state index contributed by atoms with van der Waals surface area (Å²) in [5.41, 5.74) is 0. The summed E-state index contributed by atoms with van der Waals surface area (Å²) in [5.74, 6) is -0.0163. The van der Waals surface area contributed by atoms with Crippen LogP contribution < -0.4 is 5.32 Å². The second-order valence-electron chi connectivity index (χ2n) is 29.5. The molecule has 0 bridgehead atoms. The molecule has 0 rings (SSSR count). The summed E-state index contributed by atoms with van der Waals surface area (Å²) in [4.78, 5) is 24.7. The van der Waals surface area contributed by atoms with Gasteiger partial charge in [0.1, 0.15) is 0 Å². The number of unbranched alkanes of at least 4 members (excludes halogenated alkanes) is 64. The number of ether oxygens (including phenoxy) is 1. The standard InChI is InChI=1S/C87H167NO5/c1-3-5-7-9-11-13-15-17-19-20-21-22-40-43-46-49-52-55-59-63-67-71-75-79-85(90)84(83-89)88-86(91)80-76-72-68-64-60-56-53-50-47-44-41-38-36-34-32-30-28-26-24-23-25-27-29-31-33-35-37-39-42-45-48-51-54-58-62-66-70-74-78-82-93-87(92)81-77-73-69-65-61-57-18-16-14-12-10-8-6-4-2/h10,12,16,18,23-24,84-85,89-90H,3-9,11,13-15,17,19-22,25-83H2,1-2H3,(H,88,91)/b12-10-,18-16-,24-23-. The van der Waals surface area contributed by atoms with Gasteiger partial charge in [-0.3, -0.25) is 9.59 Å². The van der Waals surface area contributed by atoms with Crippen LogP contribution in [-0.2, 0) is 14.3 Å². The molecule has 0 aliphatic heterocycles. The maximum atomic E-state index is 12.6. The van der Waals surface area contributed by atoms with Crippen LogP contribution in [0.4, 0.5) is 0 Å². The summed E-state index contributed by atoms with van der Waals surface area (Å²) in [6.07, 6.45) is 108. The average molecular weight is 1310 g/mol. The van der Waals surface area contributed by atoms with E-state index in [0.29, 0.717) is 25.9 Å². The van der Waals surface area contributed by atoms with Crippen molar-refractivity contribution in [3.05, 3.63) is 36.5 Å². The lowest BCUT2D eigenvalue weighted by Crippen LogP contribution is -2.45. The molecular weight excluding hydrogens is 1140 g/mol. The van der Waals surface area contributed by atoms with Crippen molar-refractivity contribution in [3.63, 3.8) is 0 Å². The molecule has 0 saturated carbocycles. The van der Waals surface area contributed by atoms with Crippen LogP contribution in [0.3, 0.4) is 0 Å². The molecule has 0 aromatic rings. The third-order valence-corrected chi connectivity index (χ3v) is 20.2. The van der Waals surface area contributed by atoms with Gasteiger partial charge in [0.15, 0.2) is 0 Å². The molecule has 6 nitrogen and oxygen atoms in total. The zero-order valence-electron chi connectivity index (χ0n) is 63.3. The van der Waals surface area contributed by atoms with Crippen LogP contribution in [0.25, 0.3) is 0 Å². The molecule has 0 aliphatic rings. The summed E-state index contributed by atoms with van der Waals surface area (Å²) in [6, 6.07) is -0.540. The number of aliphatic hydroxyl groups is 2. The number of allylic oxidation sites excluding steroid dienone is 6. The van der Waals surface area contributed by atoms with Gasteiger partial charge in [-0.2, -0.15) is 0 Å². The second-order valence-corrected chi connectivity index (χ2v) is 29.5. The molecular formula is C87H167NO5. The quantitative estimate of drug-likeness (QED) is 0.0320. The molecule has 0 fully saturated rings. The predicted octanol–water partition coefficient (Wildman–Crippen LogP) is 28.6. The van der Waals surface area contributed by atoms with Crippen LogP contribution in [0, 0.1) is 0 Å². The Balaban J connectivity index is 3.33. The van der Waals surface area contributed by atoms with Gasteiger partial charge in [-0.25, -0.2) is 0 Å². The molecule has 93 heavy (non-hydrogen) atoms. The fourth-order valence-corrected chi connectivity index (χ4v) is 13.7. The molecule has 0 spiro atoms. The molecule has 0 heterocycles. The largest absolute Gasteiger partial charge is 0.466 e. The summed E-state index contributed by atoms with van der Waals surface area (Å²) in [7, 11) is 0. The van der Waals surface area contributed by atoms with Gasteiger partial charge >= 0.3 is 5.97 Å². The summed E-state index contributed by atoms with van der Waals surface area (Å²) in [6.45, 7) is 4.96. The molecule has 1 amide bonds. The third kappa shape index (κ3) is 79.0. The van der Waals surface area contributed by atoms with Crippen molar-refractivity contribution in [2.24, 2.45) is 0 Å². The Morgan fingerprint density at radius 3 is 0.860 bits per heavy atom. The normalized spacial score (nSPS) is 12.6. The molecule has 0 saturated heterocycles. The van der Waals surface area contributed by atoms with Crippen molar-refractivity contribution in [2.75, 3.05) is 13.2 Å². The van der Waals surface area contributed by atoms with Crippen LogP contribution in [0.2, 0.25) is 0 Å². The highest BCUT2D eigenvalue weighted by Crippen LogP contribution is 2.21. The topological polar surface area (TPSA) is 95.9 Å². The van der Waals surface area contributed by atoms with Gasteiger partial charge in [0.05, 0.1) is 25.4 Å². The molecule has 0 radical (unpaired) electrons. The maximum Gasteiger partial charge on any atom is 0.305 e. The van der Waals surface area contributed by atoms with Crippen LogP contribution in [0.5, 0.6) is 0 Å². The van der Waals surface area contributed by atoms with E-state index in [2.05, 4.69) is 55.6 Å². The van der Waals surface area contributed by atoms with Crippen molar-refractivity contribution in [1.82, 2.24) is 5.32 Å². The minimum atomic E-state index is -0.663. The zero-order valence-corrected chi connectivity index (χ0v) is 63.3. The van der Waals surface area contributed by atoms with E-state index in [1.165, 1.54) is 398 Å². The number of aliphatic hydroxyl groups excluding tert-OH is 2. The van der Waals surface area contributed by atoms with Gasteiger partial charge in [0.25, 0.3) is 0 Å². The maximum absolute atomic E-state index is 12.6. The van der Waals surface area contributed by atoms with Crippen molar-refractivity contribution >= 4 is 11.9 Å². The summed E-state index contributed by atoms with van der Waals surface area (Å²) >= 11 is 0. The van der Waals surface area contributed by atoms with Gasteiger partial charge in [0, 0.05) is 12.8 Å². The van der Waals surface area contributed by atoms with Gasteiger partial charge in [0.2, 0.25) is 5.91 Å². The van der Waals surface area contributed by atoms with Crippen LogP contribution in [0.1, 0.15) is 483 Å². The number of rotatable bonds is 81. The van der Waals surface area contributed by atoms with E-state index < -0.39 is 12.1 Å².